The highest BCUT2D eigenvalue weighted by molar-refractivity contribution is 9.10. The largest absolute Gasteiger partial charge is 0.325 e. The third kappa shape index (κ3) is 2.82. The van der Waals surface area contributed by atoms with E-state index in [2.05, 4.69) is 55.8 Å². The van der Waals surface area contributed by atoms with E-state index in [4.69, 9.17) is 5.73 Å². The van der Waals surface area contributed by atoms with Crippen molar-refractivity contribution in [2.75, 3.05) is 0 Å². The lowest BCUT2D eigenvalue weighted by molar-refractivity contribution is 0.514. The molecule has 0 bridgehead atoms. The average Bonchev–Trinajstić information content (AvgIpc) is 2.04. The predicted octanol–water partition coefficient (Wildman–Crippen LogP) is 3.35. The summed E-state index contributed by atoms with van der Waals surface area (Å²) in [5.74, 6) is 0. The topological polar surface area (TPSA) is 26.0 Å². The van der Waals surface area contributed by atoms with Gasteiger partial charge in [-0.15, -0.1) is 0 Å². The lowest BCUT2D eigenvalue weighted by atomic mass is 9.90. The molecule has 1 nitrogen and oxygen atoms in total. The summed E-state index contributed by atoms with van der Waals surface area (Å²) in [7, 11) is 0. The molecule has 0 aromatic heterocycles. The van der Waals surface area contributed by atoms with Gasteiger partial charge < -0.3 is 5.73 Å². The maximum atomic E-state index is 6.04. The average molecular weight is 256 g/mol. The molecular weight excluding hydrogens is 238 g/mol. The lowest BCUT2D eigenvalue weighted by Crippen LogP contribution is -2.35. The molecule has 0 atom stereocenters. The quantitative estimate of drug-likeness (QED) is 0.862. The van der Waals surface area contributed by atoms with Gasteiger partial charge in [-0.2, -0.15) is 0 Å². The molecule has 0 heterocycles. The van der Waals surface area contributed by atoms with Gasteiger partial charge in [0.2, 0.25) is 0 Å². The first-order valence-electron chi connectivity index (χ1n) is 4.85. The smallest absolute Gasteiger partial charge is 0.0207 e. The Morgan fingerprint density at radius 3 is 2.36 bits per heavy atom. The van der Waals surface area contributed by atoms with E-state index in [9.17, 15) is 0 Å². The highest BCUT2D eigenvalue weighted by Crippen LogP contribution is 2.25. The van der Waals surface area contributed by atoms with Crippen LogP contribution in [0.3, 0.4) is 0 Å². The van der Waals surface area contributed by atoms with Crippen molar-refractivity contribution in [3.63, 3.8) is 0 Å². The zero-order valence-corrected chi connectivity index (χ0v) is 10.9. The molecule has 2 N–H and O–H groups in total. The molecule has 0 saturated heterocycles. The van der Waals surface area contributed by atoms with Crippen LogP contribution in [0.4, 0.5) is 0 Å². The maximum absolute atomic E-state index is 6.04. The summed E-state index contributed by atoms with van der Waals surface area (Å²) in [5, 5.41) is 0. The van der Waals surface area contributed by atoms with Crippen LogP contribution in [0.5, 0.6) is 0 Å². The monoisotopic (exact) mass is 255 g/mol. The van der Waals surface area contributed by atoms with Gasteiger partial charge in [-0.3, -0.25) is 0 Å². The summed E-state index contributed by atoms with van der Waals surface area (Å²) in [6.45, 7) is 8.40. The van der Waals surface area contributed by atoms with Crippen molar-refractivity contribution in [2.45, 2.75) is 39.7 Å². The number of aryl methyl sites for hydroxylation is 1. The van der Waals surface area contributed by atoms with Gasteiger partial charge in [0, 0.05) is 10.0 Å². The maximum Gasteiger partial charge on any atom is 0.0207 e. The van der Waals surface area contributed by atoms with Crippen LogP contribution >= 0.6 is 15.9 Å². The Kier molecular flexibility index (Phi) is 3.38. The highest BCUT2D eigenvalue weighted by Gasteiger charge is 2.15. The van der Waals surface area contributed by atoms with Crippen LogP contribution < -0.4 is 5.73 Å². The van der Waals surface area contributed by atoms with Crippen molar-refractivity contribution < 1.29 is 0 Å². The molecule has 1 aromatic rings. The SMILES string of the molecule is Cc1ccc(Br)c(C)c1CC(C)(C)N. The molecule has 14 heavy (non-hydrogen) atoms. The molecule has 1 aromatic carbocycles. The van der Waals surface area contributed by atoms with Crippen LogP contribution in [0.25, 0.3) is 0 Å². The van der Waals surface area contributed by atoms with Crippen molar-refractivity contribution in [3.8, 4) is 0 Å². The first-order chi connectivity index (χ1) is 6.31. The van der Waals surface area contributed by atoms with Crippen LogP contribution in [-0.4, -0.2) is 5.54 Å². The Labute approximate surface area is 94.8 Å². The molecule has 2 heteroatoms. The Bertz CT molecular complexity index is 337. The predicted molar refractivity (Wildman–Crippen MR) is 65.6 cm³/mol. The number of hydrogen-bond donors (Lipinski definition) is 1. The van der Waals surface area contributed by atoms with Crippen molar-refractivity contribution in [3.05, 3.63) is 33.3 Å². The lowest BCUT2D eigenvalue weighted by Gasteiger charge is -2.22. The van der Waals surface area contributed by atoms with E-state index in [0.29, 0.717) is 0 Å². The van der Waals surface area contributed by atoms with E-state index in [1.54, 1.807) is 0 Å². The fourth-order valence-corrected chi connectivity index (χ4v) is 1.96. The molecule has 0 aliphatic carbocycles. The van der Waals surface area contributed by atoms with Crippen molar-refractivity contribution in [2.24, 2.45) is 5.73 Å². The van der Waals surface area contributed by atoms with Gasteiger partial charge >= 0.3 is 0 Å². The summed E-state index contributed by atoms with van der Waals surface area (Å²) < 4.78 is 1.17. The van der Waals surface area contributed by atoms with Gasteiger partial charge in [0.25, 0.3) is 0 Å². The van der Waals surface area contributed by atoms with Crippen LogP contribution in [-0.2, 0) is 6.42 Å². The molecule has 78 valence electrons. The van der Waals surface area contributed by atoms with Gasteiger partial charge in [-0.1, -0.05) is 22.0 Å². The molecule has 0 spiro atoms. The van der Waals surface area contributed by atoms with Crippen molar-refractivity contribution >= 4 is 15.9 Å². The van der Waals surface area contributed by atoms with Crippen LogP contribution in [0.1, 0.15) is 30.5 Å². The summed E-state index contributed by atoms with van der Waals surface area (Å²) in [6.07, 6.45) is 0.921. The molecule has 1 rings (SSSR count). The van der Waals surface area contributed by atoms with E-state index >= 15 is 0 Å². The Balaban J connectivity index is 3.13. The molecule has 0 aliphatic rings. The second kappa shape index (κ2) is 4.03. The molecule has 0 aliphatic heterocycles. The normalized spacial score (nSPS) is 11.9. The number of hydrogen-bond acceptors (Lipinski definition) is 1. The third-order valence-corrected chi connectivity index (χ3v) is 3.26. The van der Waals surface area contributed by atoms with Crippen LogP contribution in [0.15, 0.2) is 16.6 Å². The Hall–Kier alpha value is -0.340. The minimum atomic E-state index is -0.143. The van der Waals surface area contributed by atoms with Crippen LogP contribution in [0.2, 0.25) is 0 Å². The molecule has 0 amide bonds. The van der Waals surface area contributed by atoms with E-state index in [0.717, 1.165) is 6.42 Å². The minimum absolute atomic E-state index is 0.143. The zero-order valence-electron chi connectivity index (χ0n) is 9.32. The molecule has 0 fully saturated rings. The minimum Gasteiger partial charge on any atom is -0.325 e. The zero-order chi connectivity index (χ0) is 10.9. The van der Waals surface area contributed by atoms with Gasteiger partial charge in [-0.25, -0.2) is 0 Å². The Morgan fingerprint density at radius 1 is 1.29 bits per heavy atom. The Morgan fingerprint density at radius 2 is 1.86 bits per heavy atom. The summed E-state index contributed by atoms with van der Waals surface area (Å²) in [4.78, 5) is 0. The first-order valence-corrected chi connectivity index (χ1v) is 5.64. The molecule has 0 saturated carbocycles. The van der Waals surface area contributed by atoms with Gasteiger partial charge in [0.1, 0.15) is 0 Å². The molecular formula is C12H18BrN. The van der Waals surface area contributed by atoms with Crippen molar-refractivity contribution in [1.82, 2.24) is 0 Å². The number of rotatable bonds is 2. The number of benzene rings is 1. The summed E-state index contributed by atoms with van der Waals surface area (Å²) >= 11 is 3.55. The molecule has 0 unspecified atom stereocenters. The van der Waals surface area contributed by atoms with Gasteiger partial charge in [0.15, 0.2) is 0 Å². The molecule has 0 radical (unpaired) electrons. The third-order valence-electron chi connectivity index (χ3n) is 2.40. The van der Waals surface area contributed by atoms with Gasteiger partial charge in [-0.05, 0) is 56.9 Å². The van der Waals surface area contributed by atoms with Crippen LogP contribution in [0, 0.1) is 13.8 Å². The van der Waals surface area contributed by atoms with E-state index in [-0.39, 0.29) is 5.54 Å². The summed E-state index contributed by atoms with van der Waals surface area (Å²) in [5.41, 5.74) is 9.90. The van der Waals surface area contributed by atoms with Crippen molar-refractivity contribution in [1.29, 1.82) is 0 Å². The van der Waals surface area contributed by atoms with E-state index in [1.807, 2.05) is 0 Å². The second-order valence-electron chi connectivity index (χ2n) is 4.63. The standard InChI is InChI=1S/C12H18BrN/c1-8-5-6-11(13)9(2)10(8)7-12(3,4)14/h5-6H,7,14H2,1-4H3. The summed E-state index contributed by atoms with van der Waals surface area (Å²) in [6, 6.07) is 4.23. The second-order valence-corrected chi connectivity index (χ2v) is 5.49. The van der Waals surface area contributed by atoms with Gasteiger partial charge in [0.05, 0.1) is 0 Å². The number of nitrogens with two attached hydrogens (primary N) is 1. The van der Waals surface area contributed by atoms with E-state index < -0.39 is 0 Å². The fraction of sp³-hybridized carbons (Fsp3) is 0.500. The first kappa shape index (κ1) is 11.7. The fourth-order valence-electron chi connectivity index (χ4n) is 1.59. The van der Waals surface area contributed by atoms with E-state index in [1.165, 1.54) is 21.2 Å². The highest BCUT2D eigenvalue weighted by atomic mass is 79.9. The number of halogens is 1.